The Morgan fingerprint density at radius 1 is 0.276 bits per heavy atom. The van der Waals surface area contributed by atoms with Crippen LogP contribution in [0.5, 0.6) is 0 Å². The Hall–Kier alpha value is -1.94. The van der Waals surface area contributed by atoms with Crippen LogP contribution in [-0.2, 0) is 65.4 Å². The van der Waals surface area contributed by atoms with E-state index >= 15 is 0 Å². The molecule has 0 saturated heterocycles. The fourth-order valence-electron chi connectivity index (χ4n) is 12.1. The molecule has 0 aliphatic rings. The fraction of sp³-hybridized carbons (Fsp3) is 0.949. The third kappa shape index (κ3) is 72.4. The van der Waals surface area contributed by atoms with Crippen LogP contribution in [0.2, 0.25) is 0 Å². The maximum atomic E-state index is 13.1. The van der Waals surface area contributed by atoms with E-state index in [2.05, 4.69) is 48.5 Å². The number of phosphoric acid groups is 2. The number of aliphatic hydroxyl groups excluding tert-OH is 1. The monoisotopic (exact) mass is 1440 g/mol. The van der Waals surface area contributed by atoms with E-state index < -0.39 is 97.5 Å². The van der Waals surface area contributed by atoms with Crippen molar-refractivity contribution in [3.8, 4) is 0 Å². The molecule has 0 aliphatic heterocycles. The predicted molar refractivity (Wildman–Crippen MR) is 400 cm³/mol. The van der Waals surface area contributed by atoms with Crippen LogP contribution in [-0.4, -0.2) is 96.7 Å². The summed E-state index contributed by atoms with van der Waals surface area (Å²) in [6.45, 7) is 11.8. The highest BCUT2D eigenvalue weighted by molar-refractivity contribution is 7.47. The topological polar surface area (TPSA) is 237 Å². The molecule has 0 saturated carbocycles. The summed E-state index contributed by atoms with van der Waals surface area (Å²) in [5, 5.41) is 10.6. The van der Waals surface area contributed by atoms with Crippen molar-refractivity contribution in [3.63, 3.8) is 0 Å². The SMILES string of the molecule is CCCCCCCCCCCCCCCCCCCCCCCC(=O)O[C@H](COC(=O)CCCCCCCCCCCCCCCCC(C)C)COP(=O)(O)OC[C@@H](O)COP(=O)(O)OC[C@@H](COC(=O)CCCCCCCCCC(C)C)OC(=O)CCCCCCCCCC(C)C. The first-order valence-electron chi connectivity index (χ1n) is 40.8. The van der Waals surface area contributed by atoms with Gasteiger partial charge in [0.1, 0.15) is 19.3 Å². The predicted octanol–water partition coefficient (Wildman–Crippen LogP) is 23.4. The summed E-state index contributed by atoms with van der Waals surface area (Å²) in [6.07, 6.45) is 57.3. The van der Waals surface area contributed by atoms with Crippen molar-refractivity contribution < 1.29 is 80.2 Å². The molecule has 98 heavy (non-hydrogen) atoms. The Morgan fingerprint density at radius 2 is 0.469 bits per heavy atom. The molecule has 0 aromatic carbocycles. The quantitative estimate of drug-likeness (QED) is 0.0222. The van der Waals surface area contributed by atoms with Crippen molar-refractivity contribution in [1.29, 1.82) is 0 Å². The normalized spacial score (nSPS) is 14.0. The Kier molecular flexibility index (Phi) is 68.1. The molecule has 0 fully saturated rings. The second-order valence-corrected chi connectivity index (χ2v) is 32.8. The molecule has 582 valence electrons. The molecule has 0 aromatic rings. The lowest BCUT2D eigenvalue weighted by molar-refractivity contribution is -0.161. The van der Waals surface area contributed by atoms with E-state index in [4.69, 9.17) is 37.0 Å². The number of hydrogen-bond donors (Lipinski definition) is 3. The summed E-state index contributed by atoms with van der Waals surface area (Å²) < 4.78 is 68.6. The van der Waals surface area contributed by atoms with Crippen LogP contribution in [0.3, 0.4) is 0 Å². The van der Waals surface area contributed by atoms with Gasteiger partial charge in [-0.3, -0.25) is 37.3 Å². The third-order valence-corrected chi connectivity index (χ3v) is 20.3. The van der Waals surface area contributed by atoms with Crippen molar-refractivity contribution in [3.05, 3.63) is 0 Å². The number of esters is 4. The lowest BCUT2D eigenvalue weighted by Gasteiger charge is -2.21. The van der Waals surface area contributed by atoms with Crippen molar-refractivity contribution in [2.45, 2.75) is 426 Å². The maximum absolute atomic E-state index is 13.1. The Bertz CT molecular complexity index is 1900. The van der Waals surface area contributed by atoms with Crippen molar-refractivity contribution in [2.75, 3.05) is 39.6 Å². The maximum Gasteiger partial charge on any atom is 0.472 e. The van der Waals surface area contributed by atoms with Crippen LogP contribution in [0.1, 0.15) is 408 Å². The molecule has 0 bridgehead atoms. The number of unbranched alkanes of at least 4 members (excludes halogenated alkanes) is 45. The molecule has 17 nitrogen and oxygen atoms in total. The Labute approximate surface area is 600 Å². The van der Waals surface area contributed by atoms with Crippen LogP contribution in [0.25, 0.3) is 0 Å². The van der Waals surface area contributed by atoms with E-state index in [1.807, 2.05) is 0 Å². The first kappa shape index (κ1) is 96.1. The molecule has 0 heterocycles. The number of carbonyl (C=O) groups is 4. The van der Waals surface area contributed by atoms with E-state index in [1.54, 1.807) is 0 Å². The molecule has 0 aliphatic carbocycles. The number of aliphatic hydroxyl groups is 1. The van der Waals surface area contributed by atoms with Gasteiger partial charge in [0.05, 0.1) is 26.4 Å². The van der Waals surface area contributed by atoms with Crippen molar-refractivity contribution >= 4 is 39.5 Å². The van der Waals surface area contributed by atoms with E-state index in [0.717, 1.165) is 102 Å². The summed E-state index contributed by atoms with van der Waals surface area (Å²) in [6, 6.07) is 0. The number of hydrogen-bond acceptors (Lipinski definition) is 15. The molecule has 3 N–H and O–H groups in total. The van der Waals surface area contributed by atoms with Gasteiger partial charge >= 0.3 is 39.5 Å². The van der Waals surface area contributed by atoms with Gasteiger partial charge in [0, 0.05) is 25.7 Å². The zero-order chi connectivity index (χ0) is 72.3. The van der Waals surface area contributed by atoms with Crippen LogP contribution < -0.4 is 0 Å². The molecular formula is C79H154O17P2. The molecule has 0 amide bonds. The highest BCUT2D eigenvalue weighted by atomic mass is 31.2. The highest BCUT2D eigenvalue weighted by Gasteiger charge is 2.30. The number of rotatable bonds is 77. The summed E-state index contributed by atoms with van der Waals surface area (Å²) >= 11 is 0. The molecule has 0 radical (unpaired) electrons. The van der Waals surface area contributed by atoms with E-state index in [1.165, 1.54) is 212 Å². The average molecular weight is 1440 g/mol. The Morgan fingerprint density at radius 3 is 0.694 bits per heavy atom. The first-order chi connectivity index (χ1) is 47.2. The molecule has 0 aromatic heterocycles. The van der Waals surface area contributed by atoms with Crippen LogP contribution in [0.15, 0.2) is 0 Å². The largest absolute Gasteiger partial charge is 0.472 e. The standard InChI is InChI=1S/C79H154O17P2/c1-8-9-10-11-12-13-14-15-16-17-18-19-20-21-22-27-30-33-40-48-55-62-78(83)95-74(66-89-76(81)60-53-46-39-32-29-26-24-23-25-28-31-36-43-50-57-70(2)3)68-93-97(85,86)91-64-73(80)65-92-98(87,88)94-69-75(96-79(84)63-56-49-42-35-38-45-52-59-72(6)7)67-90-77(82)61-54-47-41-34-37-44-51-58-71(4)5/h70-75,80H,8-69H2,1-7H3,(H,85,86)(H,87,88)/t73-,74-,75-/m1/s1. The minimum absolute atomic E-state index is 0.103. The van der Waals surface area contributed by atoms with Gasteiger partial charge < -0.3 is 33.8 Å². The number of phosphoric ester groups is 2. The lowest BCUT2D eigenvalue weighted by Crippen LogP contribution is -2.30. The molecule has 0 spiro atoms. The minimum atomic E-state index is -4.96. The van der Waals surface area contributed by atoms with Gasteiger partial charge in [-0.05, 0) is 43.4 Å². The van der Waals surface area contributed by atoms with Crippen molar-refractivity contribution in [2.24, 2.45) is 17.8 Å². The van der Waals surface area contributed by atoms with E-state index in [9.17, 15) is 43.2 Å². The third-order valence-electron chi connectivity index (χ3n) is 18.4. The second-order valence-electron chi connectivity index (χ2n) is 29.9. The summed E-state index contributed by atoms with van der Waals surface area (Å²) in [4.78, 5) is 72.8. The van der Waals surface area contributed by atoms with Gasteiger partial charge in [0.2, 0.25) is 0 Å². The highest BCUT2D eigenvalue weighted by Crippen LogP contribution is 2.45. The van der Waals surface area contributed by atoms with Gasteiger partial charge in [-0.1, -0.05) is 357 Å². The van der Waals surface area contributed by atoms with Gasteiger partial charge in [0.15, 0.2) is 12.2 Å². The molecule has 5 atom stereocenters. The Balaban J connectivity index is 5.20. The fourth-order valence-corrected chi connectivity index (χ4v) is 13.7. The van der Waals surface area contributed by atoms with Crippen LogP contribution in [0, 0.1) is 17.8 Å². The molecule has 0 rings (SSSR count). The zero-order valence-electron chi connectivity index (χ0n) is 64.3. The van der Waals surface area contributed by atoms with E-state index in [0.29, 0.717) is 37.5 Å². The molecular weight excluding hydrogens is 1280 g/mol. The summed E-state index contributed by atoms with van der Waals surface area (Å²) in [7, 11) is -9.91. The van der Waals surface area contributed by atoms with Crippen LogP contribution >= 0.6 is 15.6 Å². The molecule has 19 heteroatoms. The van der Waals surface area contributed by atoms with Gasteiger partial charge in [-0.2, -0.15) is 0 Å². The second kappa shape index (κ2) is 69.4. The van der Waals surface area contributed by atoms with Gasteiger partial charge in [-0.15, -0.1) is 0 Å². The zero-order valence-corrected chi connectivity index (χ0v) is 66.0. The van der Waals surface area contributed by atoms with Gasteiger partial charge in [-0.25, -0.2) is 9.13 Å². The van der Waals surface area contributed by atoms with E-state index in [-0.39, 0.29) is 25.7 Å². The number of ether oxygens (including phenoxy) is 4. The first-order valence-corrected chi connectivity index (χ1v) is 43.8. The smallest absolute Gasteiger partial charge is 0.462 e. The van der Waals surface area contributed by atoms with Crippen LogP contribution in [0.4, 0.5) is 0 Å². The average Bonchev–Trinajstić information content (AvgIpc) is 1.03. The molecule has 2 unspecified atom stereocenters. The minimum Gasteiger partial charge on any atom is -0.462 e. The number of carbonyl (C=O) groups excluding carboxylic acids is 4. The summed E-state index contributed by atoms with van der Waals surface area (Å²) in [5.74, 6) is 0.0810. The summed E-state index contributed by atoms with van der Waals surface area (Å²) in [5.41, 5.74) is 0. The van der Waals surface area contributed by atoms with Gasteiger partial charge in [0.25, 0.3) is 0 Å². The lowest BCUT2D eigenvalue weighted by atomic mass is 10.0. The van der Waals surface area contributed by atoms with Crippen molar-refractivity contribution in [1.82, 2.24) is 0 Å².